The largest absolute Gasteiger partial charge is 0.462 e. The molecule has 0 aromatic carbocycles. The van der Waals surface area contributed by atoms with Crippen molar-refractivity contribution in [3.05, 3.63) is 72.9 Å². The first-order valence-electron chi connectivity index (χ1n) is 33.4. The number of unbranched alkanes of at least 4 members (excludes halogenated alkanes) is 38. The van der Waals surface area contributed by atoms with Crippen molar-refractivity contribution >= 4 is 17.9 Å². The Morgan fingerprint density at radius 3 is 0.792 bits per heavy atom. The summed E-state index contributed by atoms with van der Waals surface area (Å²) in [7, 11) is 0. The van der Waals surface area contributed by atoms with Crippen LogP contribution in [0.4, 0.5) is 0 Å². The Morgan fingerprint density at radius 2 is 0.506 bits per heavy atom. The molecule has 77 heavy (non-hydrogen) atoms. The first-order chi connectivity index (χ1) is 38.0. The summed E-state index contributed by atoms with van der Waals surface area (Å²) in [6.45, 7) is 6.51. The Balaban J connectivity index is 4.17. The third-order valence-corrected chi connectivity index (χ3v) is 14.7. The van der Waals surface area contributed by atoms with Gasteiger partial charge in [0.25, 0.3) is 0 Å². The van der Waals surface area contributed by atoms with Crippen molar-refractivity contribution in [3.8, 4) is 0 Å². The lowest BCUT2D eigenvalue weighted by molar-refractivity contribution is -0.167. The van der Waals surface area contributed by atoms with Gasteiger partial charge in [0.2, 0.25) is 0 Å². The summed E-state index contributed by atoms with van der Waals surface area (Å²) >= 11 is 0. The molecular weight excluding hydrogens is 949 g/mol. The number of allylic oxidation sites excluding steroid dienone is 12. The van der Waals surface area contributed by atoms with Gasteiger partial charge in [-0.15, -0.1) is 0 Å². The second-order valence-corrected chi connectivity index (χ2v) is 22.4. The van der Waals surface area contributed by atoms with Crippen molar-refractivity contribution in [2.45, 2.75) is 348 Å². The molecular formula is C71H126O6. The van der Waals surface area contributed by atoms with Crippen molar-refractivity contribution in [3.63, 3.8) is 0 Å². The molecule has 0 aliphatic carbocycles. The maximum atomic E-state index is 12.9. The van der Waals surface area contributed by atoms with Gasteiger partial charge in [-0.25, -0.2) is 0 Å². The Hall–Kier alpha value is -3.15. The highest BCUT2D eigenvalue weighted by atomic mass is 16.6. The molecule has 0 N–H and O–H groups in total. The minimum atomic E-state index is -0.796. The zero-order valence-electron chi connectivity index (χ0n) is 51.2. The summed E-state index contributed by atoms with van der Waals surface area (Å²) in [4.78, 5) is 38.2. The number of carbonyl (C=O) groups excluding carboxylic acids is 3. The van der Waals surface area contributed by atoms with Crippen LogP contribution < -0.4 is 0 Å². The van der Waals surface area contributed by atoms with Crippen LogP contribution in [0.2, 0.25) is 0 Å². The van der Waals surface area contributed by atoms with E-state index in [1.807, 2.05) is 0 Å². The van der Waals surface area contributed by atoms with Gasteiger partial charge in [0.05, 0.1) is 0 Å². The van der Waals surface area contributed by atoms with Crippen LogP contribution in [0, 0.1) is 0 Å². The molecule has 0 bridgehead atoms. The van der Waals surface area contributed by atoms with Crippen molar-refractivity contribution in [1.29, 1.82) is 0 Å². The van der Waals surface area contributed by atoms with Gasteiger partial charge in [0.1, 0.15) is 13.2 Å². The molecule has 0 rings (SSSR count). The van der Waals surface area contributed by atoms with E-state index < -0.39 is 6.10 Å². The van der Waals surface area contributed by atoms with E-state index in [1.54, 1.807) is 0 Å². The Labute approximate surface area is 478 Å². The smallest absolute Gasteiger partial charge is 0.306 e. The van der Waals surface area contributed by atoms with Gasteiger partial charge >= 0.3 is 17.9 Å². The lowest BCUT2D eigenvalue weighted by atomic mass is 10.0. The fourth-order valence-electron chi connectivity index (χ4n) is 9.74. The highest BCUT2D eigenvalue weighted by Gasteiger charge is 2.19. The number of esters is 3. The third-order valence-electron chi connectivity index (χ3n) is 14.7. The second-order valence-electron chi connectivity index (χ2n) is 22.4. The van der Waals surface area contributed by atoms with E-state index in [0.29, 0.717) is 19.3 Å². The predicted molar refractivity (Wildman–Crippen MR) is 335 cm³/mol. The second kappa shape index (κ2) is 65.4. The van der Waals surface area contributed by atoms with Crippen LogP contribution in [-0.2, 0) is 28.6 Å². The summed E-state index contributed by atoms with van der Waals surface area (Å²) in [6.07, 6.45) is 85.2. The summed E-state index contributed by atoms with van der Waals surface area (Å²) in [6, 6.07) is 0. The van der Waals surface area contributed by atoms with Crippen LogP contribution in [0.5, 0.6) is 0 Å². The van der Waals surface area contributed by atoms with Gasteiger partial charge < -0.3 is 14.2 Å². The summed E-state index contributed by atoms with van der Waals surface area (Å²) in [5, 5.41) is 0. The monoisotopic (exact) mass is 1070 g/mol. The SMILES string of the molecule is CC/C=C\C/C=C\C/C=C\C/C=C\C/C=C\C/C=C\CCCCC(=O)OC(COC(=O)CCCCCCCCCCC)COC(=O)CCCCCCCCCCCCCCCCCCCCCCCCCCCCCCC. The zero-order chi connectivity index (χ0) is 55.7. The van der Waals surface area contributed by atoms with Gasteiger partial charge in [0, 0.05) is 19.3 Å². The van der Waals surface area contributed by atoms with Crippen molar-refractivity contribution in [2.75, 3.05) is 13.2 Å². The fraction of sp³-hybridized carbons (Fsp3) is 0.789. The molecule has 0 aromatic rings. The van der Waals surface area contributed by atoms with Gasteiger partial charge in [-0.05, 0) is 70.6 Å². The predicted octanol–water partition coefficient (Wildman–Crippen LogP) is 22.9. The van der Waals surface area contributed by atoms with Crippen molar-refractivity contribution in [2.24, 2.45) is 0 Å². The van der Waals surface area contributed by atoms with Gasteiger partial charge in [-0.1, -0.05) is 325 Å². The molecule has 0 amide bonds. The topological polar surface area (TPSA) is 78.9 Å². The molecule has 6 heteroatoms. The summed E-state index contributed by atoms with van der Waals surface area (Å²) < 4.78 is 16.9. The first-order valence-corrected chi connectivity index (χ1v) is 33.4. The molecule has 1 unspecified atom stereocenters. The van der Waals surface area contributed by atoms with Gasteiger partial charge in [0.15, 0.2) is 6.10 Å². The number of hydrogen-bond donors (Lipinski definition) is 0. The minimum Gasteiger partial charge on any atom is -0.462 e. The standard InChI is InChI=1S/C71H126O6/c1-4-7-10-13-16-19-21-23-25-27-29-31-32-33-34-35-36-37-38-40-41-43-45-47-49-52-55-58-61-64-70(73)76-67-68(66-75-69(72)63-60-57-54-51-18-15-12-9-6-3)77-71(74)65-62-59-56-53-50-48-46-44-42-39-30-28-26-24-22-20-17-14-11-8-5-2/h8,11,17,20,24,26,30,39,44,46,50,53,68H,4-7,9-10,12-16,18-19,21-23,25,27-29,31-38,40-43,45,47-49,51-52,54-67H2,1-3H3/b11-8-,20-17-,26-24-,39-30-,46-44-,53-50-. The zero-order valence-corrected chi connectivity index (χ0v) is 51.2. The number of ether oxygens (including phenoxy) is 3. The maximum Gasteiger partial charge on any atom is 0.306 e. The molecule has 0 spiro atoms. The van der Waals surface area contributed by atoms with Gasteiger partial charge in [-0.3, -0.25) is 14.4 Å². The molecule has 0 aliphatic rings. The highest BCUT2D eigenvalue weighted by molar-refractivity contribution is 5.71. The van der Waals surface area contributed by atoms with Crippen LogP contribution in [0.15, 0.2) is 72.9 Å². The highest BCUT2D eigenvalue weighted by Crippen LogP contribution is 2.18. The molecule has 0 aliphatic heterocycles. The van der Waals surface area contributed by atoms with Crippen LogP contribution in [0.25, 0.3) is 0 Å². The lowest BCUT2D eigenvalue weighted by Gasteiger charge is -2.18. The van der Waals surface area contributed by atoms with E-state index in [9.17, 15) is 14.4 Å². The van der Waals surface area contributed by atoms with Gasteiger partial charge in [-0.2, -0.15) is 0 Å². The van der Waals surface area contributed by atoms with Crippen LogP contribution in [-0.4, -0.2) is 37.2 Å². The van der Waals surface area contributed by atoms with Crippen LogP contribution in [0.3, 0.4) is 0 Å². The van der Waals surface area contributed by atoms with Crippen LogP contribution >= 0.6 is 0 Å². The molecule has 0 saturated heterocycles. The van der Waals surface area contributed by atoms with Crippen molar-refractivity contribution in [1.82, 2.24) is 0 Å². The maximum absolute atomic E-state index is 12.9. The minimum absolute atomic E-state index is 0.0893. The van der Waals surface area contributed by atoms with Crippen molar-refractivity contribution < 1.29 is 28.6 Å². The molecule has 0 aromatic heterocycles. The fourth-order valence-corrected chi connectivity index (χ4v) is 9.74. The molecule has 6 nitrogen and oxygen atoms in total. The average Bonchev–Trinajstić information content (AvgIpc) is 3.43. The Morgan fingerprint density at radius 1 is 0.273 bits per heavy atom. The first kappa shape index (κ1) is 73.8. The molecule has 446 valence electrons. The summed E-state index contributed by atoms with van der Waals surface area (Å²) in [5.41, 5.74) is 0. The number of carbonyl (C=O) groups is 3. The molecule has 1 atom stereocenters. The lowest BCUT2D eigenvalue weighted by Crippen LogP contribution is -2.30. The molecule has 0 heterocycles. The van der Waals surface area contributed by atoms with E-state index in [1.165, 1.54) is 205 Å². The number of rotatable bonds is 61. The van der Waals surface area contributed by atoms with Crippen LogP contribution in [0.1, 0.15) is 342 Å². The number of hydrogen-bond acceptors (Lipinski definition) is 6. The summed E-state index contributed by atoms with van der Waals surface area (Å²) in [5.74, 6) is -0.920. The van der Waals surface area contributed by atoms with E-state index in [4.69, 9.17) is 14.2 Å². The third kappa shape index (κ3) is 63.6. The normalized spacial score (nSPS) is 12.5. The molecule has 0 fully saturated rings. The quantitative estimate of drug-likeness (QED) is 0.0261. The van der Waals surface area contributed by atoms with E-state index >= 15 is 0 Å². The Kier molecular flexibility index (Phi) is 62.7. The Bertz CT molecular complexity index is 1420. The van der Waals surface area contributed by atoms with E-state index in [-0.39, 0.29) is 37.5 Å². The average molecular weight is 1080 g/mol. The molecule has 0 radical (unpaired) electrons. The van der Waals surface area contributed by atoms with E-state index in [2.05, 4.69) is 93.7 Å². The van der Waals surface area contributed by atoms with E-state index in [0.717, 1.165) is 89.9 Å². The molecule has 0 saturated carbocycles.